The van der Waals surface area contributed by atoms with Gasteiger partial charge < -0.3 is 10.1 Å². The molecule has 0 aliphatic rings. The molecular formula is C14H20ClN3O3S. The van der Waals surface area contributed by atoms with Crippen LogP contribution in [0.25, 0.3) is 10.9 Å². The zero-order chi connectivity index (χ0) is 15.1. The average molecular weight is 346 g/mol. The summed E-state index contributed by atoms with van der Waals surface area (Å²) in [6.45, 7) is 2.16. The minimum atomic E-state index is -3.54. The Morgan fingerprint density at radius 1 is 1.14 bits per heavy atom. The quantitative estimate of drug-likeness (QED) is 0.702. The third kappa shape index (κ3) is 4.89. The van der Waals surface area contributed by atoms with Gasteiger partial charge in [0.05, 0.1) is 17.0 Å². The molecule has 0 amide bonds. The lowest BCUT2D eigenvalue weighted by Gasteiger charge is -2.09. The first kappa shape index (κ1) is 18.8. The highest BCUT2D eigenvalue weighted by molar-refractivity contribution is 7.89. The lowest BCUT2D eigenvalue weighted by Crippen LogP contribution is -2.33. The third-order valence-electron chi connectivity index (χ3n) is 2.97. The van der Waals surface area contributed by atoms with Crippen LogP contribution in [0.2, 0.25) is 0 Å². The number of pyridine rings is 1. The Bertz CT molecular complexity index is 689. The van der Waals surface area contributed by atoms with E-state index in [9.17, 15) is 8.42 Å². The van der Waals surface area contributed by atoms with Crippen LogP contribution in [0.1, 0.15) is 0 Å². The van der Waals surface area contributed by atoms with Gasteiger partial charge >= 0.3 is 0 Å². The smallest absolute Gasteiger partial charge is 0.241 e. The maximum atomic E-state index is 12.3. The van der Waals surface area contributed by atoms with Crippen molar-refractivity contribution >= 4 is 33.3 Å². The fourth-order valence-electron chi connectivity index (χ4n) is 1.96. The Hall–Kier alpha value is -1.25. The Labute approximate surface area is 136 Å². The maximum Gasteiger partial charge on any atom is 0.241 e. The van der Waals surface area contributed by atoms with Crippen LogP contribution in [-0.4, -0.2) is 46.8 Å². The highest BCUT2D eigenvalue weighted by Gasteiger charge is 2.16. The van der Waals surface area contributed by atoms with Crippen molar-refractivity contribution in [3.05, 3.63) is 36.5 Å². The summed E-state index contributed by atoms with van der Waals surface area (Å²) >= 11 is 0. The van der Waals surface area contributed by atoms with Gasteiger partial charge in [0.2, 0.25) is 10.0 Å². The molecule has 0 aliphatic carbocycles. The number of hydrogen-bond donors (Lipinski definition) is 2. The molecule has 0 fully saturated rings. The number of fused-ring (bicyclic) bond motifs is 1. The first-order valence-corrected chi connectivity index (χ1v) is 8.16. The number of nitrogens with zero attached hydrogens (tertiary/aromatic N) is 1. The van der Waals surface area contributed by atoms with Crippen molar-refractivity contribution in [1.29, 1.82) is 0 Å². The van der Waals surface area contributed by atoms with E-state index in [0.29, 0.717) is 37.1 Å². The lowest BCUT2D eigenvalue weighted by molar-refractivity contribution is 0.199. The SMILES string of the molecule is COCCNCCNS(=O)(=O)c1cccc2ncccc12.Cl. The molecule has 2 rings (SSSR count). The second kappa shape index (κ2) is 9.02. The molecule has 0 radical (unpaired) electrons. The Kier molecular flexibility index (Phi) is 7.70. The predicted molar refractivity (Wildman–Crippen MR) is 88.9 cm³/mol. The fourth-order valence-corrected chi connectivity index (χ4v) is 3.21. The molecule has 2 aromatic rings. The largest absolute Gasteiger partial charge is 0.383 e. The van der Waals surface area contributed by atoms with E-state index in [1.807, 2.05) is 0 Å². The van der Waals surface area contributed by atoms with Crippen molar-refractivity contribution < 1.29 is 13.2 Å². The van der Waals surface area contributed by atoms with Crippen molar-refractivity contribution in [3.63, 3.8) is 0 Å². The van der Waals surface area contributed by atoms with Crippen LogP contribution < -0.4 is 10.0 Å². The molecule has 1 aromatic heterocycles. The van der Waals surface area contributed by atoms with Crippen LogP contribution in [0.15, 0.2) is 41.4 Å². The number of aromatic nitrogens is 1. The molecule has 6 nitrogen and oxygen atoms in total. The normalized spacial score (nSPS) is 11.3. The van der Waals surface area contributed by atoms with Crippen molar-refractivity contribution in [2.75, 3.05) is 33.4 Å². The minimum absolute atomic E-state index is 0. The third-order valence-corrected chi connectivity index (χ3v) is 4.49. The Balaban J connectivity index is 0.00000242. The van der Waals surface area contributed by atoms with Gasteiger partial charge in [-0.1, -0.05) is 6.07 Å². The molecular weight excluding hydrogens is 326 g/mol. The van der Waals surface area contributed by atoms with Gasteiger partial charge in [0, 0.05) is 38.3 Å². The summed E-state index contributed by atoms with van der Waals surface area (Å²) in [5.41, 5.74) is 0.665. The standard InChI is InChI=1S/C14H19N3O3S.ClH/c1-20-11-10-15-8-9-17-21(18,19)14-6-2-5-13-12(14)4-3-7-16-13;/h2-7,15,17H,8-11H2,1H3;1H. The molecule has 0 saturated carbocycles. The van der Waals surface area contributed by atoms with E-state index in [0.717, 1.165) is 0 Å². The second-order valence-electron chi connectivity index (χ2n) is 4.47. The number of benzene rings is 1. The van der Waals surface area contributed by atoms with Crippen LogP contribution in [-0.2, 0) is 14.8 Å². The minimum Gasteiger partial charge on any atom is -0.383 e. The van der Waals surface area contributed by atoms with Crippen molar-refractivity contribution in [2.24, 2.45) is 0 Å². The first-order valence-electron chi connectivity index (χ1n) is 6.68. The monoisotopic (exact) mass is 345 g/mol. The Morgan fingerprint density at radius 2 is 1.95 bits per heavy atom. The molecule has 8 heteroatoms. The van der Waals surface area contributed by atoms with Gasteiger partial charge in [-0.05, 0) is 24.3 Å². The summed E-state index contributed by atoms with van der Waals surface area (Å²) in [5, 5.41) is 3.71. The van der Waals surface area contributed by atoms with Gasteiger partial charge in [0.25, 0.3) is 0 Å². The molecule has 1 heterocycles. The second-order valence-corrected chi connectivity index (χ2v) is 6.20. The number of hydrogen-bond acceptors (Lipinski definition) is 5. The zero-order valence-corrected chi connectivity index (χ0v) is 13.9. The van der Waals surface area contributed by atoms with Crippen LogP contribution >= 0.6 is 12.4 Å². The first-order chi connectivity index (χ1) is 10.1. The number of halogens is 1. The van der Waals surface area contributed by atoms with Crippen LogP contribution in [0.5, 0.6) is 0 Å². The molecule has 2 N–H and O–H groups in total. The van der Waals surface area contributed by atoms with Gasteiger partial charge in [-0.2, -0.15) is 0 Å². The summed E-state index contributed by atoms with van der Waals surface area (Å²) in [6.07, 6.45) is 1.64. The van der Waals surface area contributed by atoms with E-state index in [-0.39, 0.29) is 17.3 Å². The molecule has 0 spiro atoms. The maximum absolute atomic E-state index is 12.3. The molecule has 0 bridgehead atoms. The average Bonchev–Trinajstić information content (AvgIpc) is 2.50. The summed E-state index contributed by atoms with van der Waals surface area (Å²) in [6, 6.07) is 8.56. The van der Waals surface area contributed by atoms with E-state index in [2.05, 4.69) is 15.0 Å². The van der Waals surface area contributed by atoms with Crippen LogP contribution in [0.3, 0.4) is 0 Å². The predicted octanol–water partition coefficient (Wildman–Crippen LogP) is 1.17. The molecule has 122 valence electrons. The number of sulfonamides is 1. The summed E-state index contributed by atoms with van der Waals surface area (Å²) in [7, 11) is -1.92. The van der Waals surface area contributed by atoms with Gasteiger partial charge in [-0.25, -0.2) is 13.1 Å². The zero-order valence-electron chi connectivity index (χ0n) is 12.3. The summed E-state index contributed by atoms with van der Waals surface area (Å²) in [4.78, 5) is 4.42. The molecule has 0 aliphatic heterocycles. The molecule has 0 atom stereocenters. The van der Waals surface area contributed by atoms with E-state index in [1.54, 1.807) is 43.6 Å². The summed E-state index contributed by atoms with van der Waals surface area (Å²) < 4.78 is 32.2. The number of nitrogens with one attached hydrogen (secondary N) is 2. The van der Waals surface area contributed by atoms with Gasteiger partial charge in [-0.15, -0.1) is 12.4 Å². The van der Waals surface area contributed by atoms with Crippen LogP contribution in [0.4, 0.5) is 0 Å². The van der Waals surface area contributed by atoms with E-state index >= 15 is 0 Å². The summed E-state index contributed by atoms with van der Waals surface area (Å²) in [5.74, 6) is 0. The number of rotatable bonds is 8. The lowest BCUT2D eigenvalue weighted by atomic mass is 10.2. The number of methoxy groups -OCH3 is 1. The van der Waals surface area contributed by atoms with Gasteiger partial charge in [-0.3, -0.25) is 4.98 Å². The van der Waals surface area contributed by atoms with Gasteiger partial charge in [0.15, 0.2) is 0 Å². The fraction of sp³-hybridized carbons (Fsp3) is 0.357. The van der Waals surface area contributed by atoms with Crippen LogP contribution in [0, 0.1) is 0 Å². The van der Waals surface area contributed by atoms with Gasteiger partial charge in [0.1, 0.15) is 0 Å². The number of ether oxygens (including phenoxy) is 1. The van der Waals surface area contributed by atoms with Crippen molar-refractivity contribution in [3.8, 4) is 0 Å². The van der Waals surface area contributed by atoms with E-state index < -0.39 is 10.0 Å². The van der Waals surface area contributed by atoms with E-state index in [1.165, 1.54) is 0 Å². The Morgan fingerprint density at radius 3 is 2.73 bits per heavy atom. The molecule has 0 saturated heterocycles. The molecule has 1 aromatic carbocycles. The van der Waals surface area contributed by atoms with Crippen molar-refractivity contribution in [1.82, 2.24) is 15.0 Å². The molecule has 0 unspecified atom stereocenters. The van der Waals surface area contributed by atoms with E-state index in [4.69, 9.17) is 4.74 Å². The highest BCUT2D eigenvalue weighted by atomic mass is 35.5. The topological polar surface area (TPSA) is 80.3 Å². The highest BCUT2D eigenvalue weighted by Crippen LogP contribution is 2.20. The molecule has 22 heavy (non-hydrogen) atoms. The van der Waals surface area contributed by atoms with Crippen molar-refractivity contribution in [2.45, 2.75) is 4.90 Å².